The fourth-order valence-corrected chi connectivity index (χ4v) is 5.11. The van der Waals surface area contributed by atoms with Crippen LogP contribution in [0.15, 0.2) is 30.3 Å². The van der Waals surface area contributed by atoms with Gasteiger partial charge in [-0.25, -0.2) is 4.98 Å². The highest BCUT2D eigenvalue weighted by Gasteiger charge is 2.26. The summed E-state index contributed by atoms with van der Waals surface area (Å²) in [5.41, 5.74) is 3.85. The monoisotopic (exact) mass is 468 g/mol. The molecule has 0 N–H and O–H groups in total. The number of thiazole rings is 1. The summed E-state index contributed by atoms with van der Waals surface area (Å²) in [4.78, 5) is 33.4. The van der Waals surface area contributed by atoms with Gasteiger partial charge in [0.2, 0.25) is 0 Å². The Morgan fingerprint density at radius 2 is 1.94 bits per heavy atom. The Morgan fingerprint density at radius 1 is 1.21 bits per heavy atom. The molecule has 8 nitrogen and oxygen atoms in total. The van der Waals surface area contributed by atoms with Crippen LogP contribution in [0, 0.1) is 30.9 Å². The lowest BCUT2D eigenvalue weighted by Crippen LogP contribution is -2.39. The number of hydrogen-bond acceptors (Lipinski definition) is 7. The standard InChI is InChI=1S/C24H28N4O4S/c1-16-14-20-22(15-17(16)2)33-24(25-20)27(9-5-8-26-10-12-32-13-11-26)23(29)19-6-4-7-21(18(19)3)28(30)31/h4,6-7,14-15H,5,8-13H2,1-3H3. The SMILES string of the molecule is Cc1cc2nc(N(CCCN3CCOCC3)C(=O)c3cccc([N+](=O)[O-])c3C)sc2cc1C. The Labute approximate surface area is 196 Å². The van der Waals surface area contributed by atoms with Crippen LogP contribution in [0.4, 0.5) is 10.8 Å². The molecule has 0 saturated carbocycles. The zero-order chi connectivity index (χ0) is 23.5. The molecule has 2 heterocycles. The molecule has 3 aromatic rings. The van der Waals surface area contributed by atoms with Crippen LogP contribution < -0.4 is 4.90 Å². The number of carbonyl (C=O) groups is 1. The summed E-state index contributed by atoms with van der Waals surface area (Å²) in [6.07, 6.45) is 0.772. The van der Waals surface area contributed by atoms with Crippen molar-refractivity contribution in [1.82, 2.24) is 9.88 Å². The molecule has 0 bridgehead atoms. The topological polar surface area (TPSA) is 88.8 Å². The highest BCUT2D eigenvalue weighted by Crippen LogP contribution is 2.32. The number of aromatic nitrogens is 1. The molecule has 0 radical (unpaired) electrons. The van der Waals surface area contributed by atoms with Crippen molar-refractivity contribution >= 4 is 38.3 Å². The zero-order valence-electron chi connectivity index (χ0n) is 19.2. The van der Waals surface area contributed by atoms with Gasteiger partial charge in [0.15, 0.2) is 5.13 Å². The number of anilines is 1. The summed E-state index contributed by atoms with van der Waals surface area (Å²) in [6.45, 7) is 10.3. The Balaban J connectivity index is 1.66. The van der Waals surface area contributed by atoms with Gasteiger partial charge < -0.3 is 4.74 Å². The first-order valence-corrected chi connectivity index (χ1v) is 11.9. The minimum atomic E-state index is -0.446. The Hall–Kier alpha value is -2.88. The molecule has 1 aromatic heterocycles. The molecule has 0 unspecified atom stereocenters. The second-order valence-electron chi connectivity index (χ2n) is 8.37. The highest BCUT2D eigenvalue weighted by atomic mass is 32.1. The van der Waals surface area contributed by atoms with E-state index in [9.17, 15) is 14.9 Å². The number of aryl methyl sites for hydroxylation is 2. The molecule has 4 rings (SSSR count). The van der Waals surface area contributed by atoms with Gasteiger partial charge in [0.1, 0.15) is 0 Å². The molecule has 1 saturated heterocycles. The van der Waals surface area contributed by atoms with Gasteiger partial charge in [-0.2, -0.15) is 0 Å². The summed E-state index contributed by atoms with van der Waals surface area (Å²) < 4.78 is 6.44. The average Bonchev–Trinajstić information content (AvgIpc) is 3.19. The number of nitro groups is 1. The van der Waals surface area contributed by atoms with Crippen molar-refractivity contribution in [2.24, 2.45) is 0 Å². The van der Waals surface area contributed by atoms with Gasteiger partial charge in [0.05, 0.1) is 28.4 Å². The van der Waals surface area contributed by atoms with Crippen molar-refractivity contribution in [1.29, 1.82) is 0 Å². The third-order valence-corrected chi connectivity index (χ3v) is 7.20. The lowest BCUT2D eigenvalue weighted by atomic mass is 10.1. The maximum Gasteiger partial charge on any atom is 0.273 e. The second-order valence-corrected chi connectivity index (χ2v) is 9.38. The Morgan fingerprint density at radius 3 is 2.67 bits per heavy atom. The molecule has 0 atom stereocenters. The zero-order valence-corrected chi connectivity index (χ0v) is 20.0. The van der Waals surface area contributed by atoms with E-state index in [-0.39, 0.29) is 11.6 Å². The van der Waals surface area contributed by atoms with Gasteiger partial charge in [-0.05, 0) is 56.5 Å². The van der Waals surface area contributed by atoms with E-state index in [0.717, 1.165) is 55.0 Å². The van der Waals surface area contributed by atoms with Crippen LogP contribution in [0.2, 0.25) is 0 Å². The van der Waals surface area contributed by atoms with E-state index in [2.05, 4.69) is 17.9 Å². The normalized spacial score (nSPS) is 14.5. The van der Waals surface area contributed by atoms with E-state index in [0.29, 0.717) is 22.8 Å². The quantitative estimate of drug-likeness (QED) is 0.375. The molecule has 1 amide bonds. The lowest BCUT2D eigenvalue weighted by Gasteiger charge is -2.28. The number of ether oxygens (including phenoxy) is 1. The number of morpholine rings is 1. The molecule has 1 aliphatic heterocycles. The van der Waals surface area contributed by atoms with Crippen LogP contribution in [0.3, 0.4) is 0 Å². The van der Waals surface area contributed by atoms with Crippen molar-refractivity contribution in [3.8, 4) is 0 Å². The van der Waals surface area contributed by atoms with Crippen molar-refractivity contribution < 1.29 is 14.5 Å². The lowest BCUT2D eigenvalue weighted by molar-refractivity contribution is -0.385. The molecule has 2 aromatic carbocycles. The molecular weight excluding hydrogens is 440 g/mol. The van der Waals surface area contributed by atoms with Gasteiger partial charge in [0.25, 0.3) is 11.6 Å². The van der Waals surface area contributed by atoms with E-state index < -0.39 is 4.92 Å². The number of nitrogens with zero attached hydrogens (tertiary/aromatic N) is 4. The molecule has 1 aliphatic rings. The highest BCUT2D eigenvalue weighted by molar-refractivity contribution is 7.22. The van der Waals surface area contributed by atoms with Gasteiger partial charge in [0, 0.05) is 43.4 Å². The van der Waals surface area contributed by atoms with Gasteiger partial charge in [-0.15, -0.1) is 0 Å². The summed E-state index contributed by atoms with van der Waals surface area (Å²) in [6, 6.07) is 8.79. The first-order chi connectivity index (χ1) is 15.8. The molecule has 0 spiro atoms. The van der Waals surface area contributed by atoms with Crippen LogP contribution in [0.25, 0.3) is 10.2 Å². The van der Waals surface area contributed by atoms with E-state index in [1.165, 1.54) is 23.0 Å². The smallest absolute Gasteiger partial charge is 0.273 e. The molecule has 1 fully saturated rings. The summed E-state index contributed by atoms with van der Waals surface area (Å²) in [5.74, 6) is -0.259. The molecule has 9 heteroatoms. The van der Waals surface area contributed by atoms with Crippen molar-refractivity contribution in [3.05, 3.63) is 62.7 Å². The number of amides is 1. The maximum absolute atomic E-state index is 13.7. The largest absolute Gasteiger partial charge is 0.379 e. The first-order valence-electron chi connectivity index (χ1n) is 11.1. The maximum atomic E-state index is 13.7. The predicted octanol–water partition coefficient (Wildman–Crippen LogP) is 4.50. The number of benzene rings is 2. The third kappa shape index (κ3) is 5.05. The number of fused-ring (bicyclic) bond motifs is 1. The van der Waals surface area contributed by atoms with E-state index >= 15 is 0 Å². The van der Waals surface area contributed by atoms with Crippen LogP contribution in [-0.2, 0) is 4.74 Å². The Kier molecular flexibility index (Phi) is 7.02. The van der Waals surface area contributed by atoms with Crippen LogP contribution in [0.5, 0.6) is 0 Å². The molecule has 174 valence electrons. The van der Waals surface area contributed by atoms with E-state index in [1.54, 1.807) is 24.0 Å². The Bertz CT molecular complexity index is 1150. The first kappa shape index (κ1) is 23.3. The second kappa shape index (κ2) is 9.94. The molecule has 0 aliphatic carbocycles. The number of rotatable bonds is 7. The number of hydrogen-bond donors (Lipinski definition) is 0. The van der Waals surface area contributed by atoms with E-state index in [1.807, 2.05) is 13.0 Å². The predicted molar refractivity (Wildman–Crippen MR) is 130 cm³/mol. The van der Waals surface area contributed by atoms with Crippen molar-refractivity contribution in [3.63, 3.8) is 0 Å². The van der Waals surface area contributed by atoms with Gasteiger partial charge in [-0.1, -0.05) is 17.4 Å². The minimum Gasteiger partial charge on any atom is -0.379 e. The van der Waals surface area contributed by atoms with Crippen LogP contribution >= 0.6 is 11.3 Å². The summed E-state index contributed by atoms with van der Waals surface area (Å²) in [7, 11) is 0. The number of carbonyl (C=O) groups excluding carboxylic acids is 1. The van der Waals surface area contributed by atoms with Crippen LogP contribution in [-0.4, -0.2) is 60.1 Å². The number of nitro benzene ring substituents is 1. The molecular formula is C24H28N4O4S. The van der Waals surface area contributed by atoms with Crippen LogP contribution in [0.1, 0.15) is 33.5 Å². The van der Waals surface area contributed by atoms with Gasteiger partial charge in [-0.3, -0.25) is 24.7 Å². The fraction of sp³-hybridized carbons (Fsp3) is 0.417. The minimum absolute atomic E-state index is 0.0512. The summed E-state index contributed by atoms with van der Waals surface area (Å²) in [5, 5.41) is 12.0. The van der Waals surface area contributed by atoms with Crippen molar-refractivity contribution in [2.75, 3.05) is 44.3 Å². The summed E-state index contributed by atoms with van der Waals surface area (Å²) >= 11 is 1.48. The molecule has 33 heavy (non-hydrogen) atoms. The van der Waals surface area contributed by atoms with Gasteiger partial charge >= 0.3 is 0 Å². The average molecular weight is 469 g/mol. The van der Waals surface area contributed by atoms with Crippen molar-refractivity contribution in [2.45, 2.75) is 27.2 Å². The third-order valence-electron chi connectivity index (χ3n) is 6.16. The fourth-order valence-electron chi connectivity index (χ4n) is 4.04. The van der Waals surface area contributed by atoms with E-state index in [4.69, 9.17) is 9.72 Å².